The number of benzene rings is 3. The molecule has 1 fully saturated rings. The number of carbonyl (C=O) groups is 2. The van der Waals surface area contributed by atoms with Crippen molar-refractivity contribution in [3.63, 3.8) is 0 Å². The van der Waals surface area contributed by atoms with Crippen LogP contribution < -0.4 is 19.7 Å². The molecule has 2 atom stereocenters. The number of para-hydroxylation sites is 3. The van der Waals surface area contributed by atoms with Gasteiger partial charge in [-0.25, -0.2) is 8.42 Å². The zero-order valence-electron chi connectivity index (χ0n) is 20.7. The van der Waals surface area contributed by atoms with Gasteiger partial charge in [0.05, 0.1) is 35.3 Å². The van der Waals surface area contributed by atoms with Gasteiger partial charge in [-0.05, 0) is 42.7 Å². The fourth-order valence-corrected chi connectivity index (χ4v) is 6.16. The Bertz CT molecular complexity index is 1410. The topological polar surface area (TPSA) is 114 Å². The van der Waals surface area contributed by atoms with Crippen molar-refractivity contribution in [3.8, 4) is 5.75 Å². The number of hydrogen-bond acceptors (Lipinski definition) is 6. The van der Waals surface area contributed by atoms with Crippen molar-refractivity contribution in [2.24, 2.45) is 0 Å². The van der Waals surface area contributed by atoms with E-state index in [0.717, 1.165) is 12.8 Å². The number of ether oxygens (including phenoxy) is 2. The molecule has 2 N–H and O–H groups in total. The second-order valence-corrected chi connectivity index (χ2v) is 11.1. The van der Waals surface area contributed by atoms with Crippen molar-refractivity contribution in [3.05, 3.63) is 90.0 Å². The van der Waals surface area contributed by atoms with Crippen molar-refractivity contribution in [2.45, 2.75) is 30.8 Å². The van der Waals surface area contributed by atoms with Crippen molar-refractivity contribution >= 4 is 33.2 Å². The zero-order chi connectivity index (χ0) is 26.5. The van der Waals surface area contributed by atoms with E-state index in [1.54, 1.807) is 72.8 Å². The van der Waals surface area contributed by atoms with Gasteiger partial charge in [0, 0.05) is 13.2 Å². The van der Waals surface area contributed by atoms with Gasteiger partial charge in [0.25, 0.3) is 11.8 Å². The van der Waals surface area contributed by atoms with Crippen LogP contribution in [0.2, 0.25) is 0 Å². The number of fused-ring (bicyclic) bond motifs is 1. The van der Waals surface area contributed by atoms with E-state index in [1.807, 2.05) is 6.07 Å². The Hall–Kier alpha value is -3.89. The minimum absolute atomic E-state index is 0.0137. The number of carbonyl (C=O) groups excluding carboxylic acids is 2. The number of nitrogens with one attached hydrogen (secondary N) is 2. The molecule has 5 rings (SSSR count). The van der Waals surface area contributed by atoms with Crippen LogP contribution in [0, 0.1) is 0 Å². The summed E-state index contributed by atoms with van der Waals surface area (Å²) in [6.45, 7) is 0.874. The van der Waals surface area contributed by atoms with Crippen molar-refractivity contribution in [2.75, 3.05) is 29.3 Å². The average molecular weight is 536 g/mol. The van der Waals surface area contributed by atoms with Crippen LogP contribution in [-0.2, 0) is 25.3 Å². The quantitative estimate of drug-likeness (QED) is 0.458. The maximum absolute atomic E-state index is 13.4. The molecule has 0 unspecified atom stereocenters. The summed E-state index contributed by atoms with van der Waals surface area (Å²) in [5, 5.41) is 5.63. The first-order valence-electron chi connectivity index (χ1n) is 12.5. The fraction of sp³-hybridized carbons (Fsp3) is 0.286. The lowest BCUT2D eigenvalue weighted by atomic mass is 10.1. The molecule has 0 radical (unpaired) electrons. The summed E-state index contributed by atoms with van der Waals surface area (Å²) in [6, 6.07) is 22.3. The zero-order valence-corrected chi connectivity index (χ0v) is 21.5. The Kier molecular flexibility index (Phi) is 7.62. The molecule has 2 aliphatic heterocycles. The predicted molar refractivity (Wildman–Crippen MR) is 144 cm³/mol. The van der Waals surface area contributed by atoms with E-state index in [2.05, 4.69) is 10.6 Å². The van der Waals surface area contributed by atoms with Gasteiger partial charge in [-0.2, -0.15) is 0 Å². The van der Waals surface area contributed by atoms with Crippen LogP contribution >= 0.6 is 0 Å². The Morgan fingerprint density at radius 2 is 1.68 bits per heavy atom. The third-order valence-electron chi connectivity index (χ3n) is 6.50. The highest BCUT2D eigenvalue weighted by molar-refractivity contribution is 7.92. The highest BCUT2D eigenvalue weighted by Gasteiger charge is 2.37. The van der Waals surface area contributed by atoms with Crippen LogP contribution in [0.5, 0.6) is 5.75 Å². The Labute approximate surface area is 221 Å². The summed E-state index contributed by atoms with van der Waals surface area (Å²) in [6.07, 6.45) is 0.720. The minimum Gasteiger partial charge on any atom is -0.476 e. The second kappa shape index (κ2) is 11.2. The number of amides is 2. The first kappa shape index (κ1) is 25.7. The first-order chi connectivity index (χ1) is 18.4. The molecule has 2 heterocycles. The predicted octanol–water partition coefficient (Wildman–Crippen LogP) is 3.33. The lowest BCUT2D eigenvalue weighted by Crippen LogP contribution is -2.49. The van der Waals surface area contributed by atoms with E-state index in [9.17, 15) is 18.0 Å². The maximum Gasteiger partial charge on any atom is 0.267 e. The first-order valence-corrected chi connectivity index (χ1v) is 14.1. The van der Waals surface area contributed by atoms with Crippen LogP contribution in [0.3, 0.4) is 0 Å². The minimum atomic E-state index is -3.83. The summed E-state index contributed by atoms with van der Waals surface area (Å²) >= 11 is 0. The Morgan fingerprint density at radius 3 is 2.47 bits per heavy atom. The average Bonchev–Trinajstić information content (AvgIpc) is 3.45. The van der Waals surface area contributed by atoms with Crippen molar-refractivity contribution in [1.29, 1.82) is 0 Å². The molecule has 10 heteroatoms. The van der Waals surface area contributed by atoms with E-state index in [4.69, 9.17) is 9.47 Å². The molecule has 2 amide bonds. The van der Waals surface area contributed by atoms with Crippen LogP contribution in [0.25, 0.3) is 0 Å². The number of sulfonamides is 1. The molecular formula is C28H29N3O6S. The molecule has 38 heavy (non-hydrogen) atoms. The molecule has 0 spiro atoms. The molecule has 0 aliphatic carbocycles. The van der Waals surface area contributed by atoms with Gasteiger partial charge in [-0.15, -0.1) is 0 Å². The van der Waals surface area contributed by atoms with E-state index < -0.39 is 22.0 Å². The molecule has 3 aromatic rings. The molecule has 2 aliphatic rings. The van der Waals surface area contributed by atoms with E-state index in [-0.39, 0.29) is 30.1 Å². The summed E-state index contributed by atoms with van der Waals surface area (Å²) in [7, 11) is -3.83. The molecule has 0 bridgehead atoms. The van der Waals surface area contributed by atoms with Crippen molar-refractivity contribution in [1.82, 2.24) is 5.32 Å². The van der Waals surface area contributed by atoms with Crippen LogP contribution in [0.4, 0.5) is 11.4 Å². The SMILES string of the molecule is O=C(NC[C@@H]1CCCO1)c1ccccc1NC(=O)[C@@H]1CN(S(=O)(=O)Cc2ccccc2)c2ccccc2O1. The van der Waals surface area contributed by atoms with Crippen LogP contribution in [0.15, 0.2) is 78.9 Å². The summed E-state index contributed by atoms with van der Waals surface area (Å²) in [5.74, 6) is -0.820. The molecule has 9 nitrogen and oxygen atoms in total. The molecule has 198 valence electrons. The summed E-state index contributed by atoms with van der Waals surface area (Å²) < 4.78 is 39.6. The van der Waals surface area contributed by atoms with Gasteiger partial charge in [0.2, 0.25) is 10.0 Å². The van der Waals surface area contributed by atoms with Gasteiger partial charge in [0.1, 0.15) is 5.75 Å². The molecule has 0 saturated carbocycles. The number of hydrogen-bond donors (Lipinski definition) is 2. The van der Waals surface area contributed by atoms with Gasteiger partial charge < -0.3 is 20.1 Å². The lowest BCUT2D eigenvalue weighted by Gasteiger charge is -2.34. The number of rotatable bonds is 8. The Balaban J connectivity index is 1.33. The molecule has 3 aromatic carbocycles. The van der Waals surface area contributed by atoms with Crippen LogP contribution in [0.1, 0.15) is 28.8 Å². The highest BCUT2D eigenvalue weighted by atomic mass is 32.2. The third-order valence-corrected chi connectivity index (χ3v) is 8.21. The smallest absolute Gasteiger partial charge is 0.267 e. The van der Waals surface area contributed by atoms with Gasteiger partial charge in [-0.1, -0.05) is 54.6 Å². The lowest BCUT2D eigenvalue weighted by molar-refractivity contribution is -0.122. The summed E-state index contributed by atoms with van der Waals surface area (Å²) in [5.41, 5.74) is 1.62. The van der Waals surface area contributed by atoms with E-state index >= 15 is 0 Å². The summed E-state index contributed by atoms with van der Waals surface area (Å²) in [4.78, 5) is 26.2. The van der Waals surface area contributed by atoms with E-state index in [1.165, 1.54) is 4.31 Å². The maximum atomic E-state index is 13.4. The number of nitrogens with zero attached hydrogens (tertiary/aromatic N) is 1. The van der Waals surface area contributed by atoms with E-state index in [0.29, 0.717) is 35.7 Å². The largest absolute Gasteiger partial charge is 0.476 e. The second-order valence-electron chi connectivity index (χ2n) is 9.23. The molecule has 1 saturated heterocycles. The van der Waals surface area contributed by atoms with Gasteiger partial charge in [-0.3, -0.25) is 13.9 Å². The number of anilines is 2. The standard InChI is InChI=1S/C28H29N3O6S/c32-27(29-17-21-11-8-16-36-21)22-12-4-5-13-23(22)30-28(33)26-18-31(24-14-6-7-15-25(24)37-26)38(34,35)19-20-9-2-1-3-10-20/h1-7,9-10,12-15,21,26H,8,11,16-19H2,(H,29,32)(H,30,33)/t21-,26-/m0/s1. The van der Waals surface area contributed by atoms with Gasteiger partial charge >= 0.3 is 0 Å². The fourth-order valence-electron chi connectivity index (χ4n) is 4.58. The molecular weight excluding hydrogens is 506 g/mol. The Morgan fingerprint density at radius 1 is 0.947 bits per heavy atom. The van der Waals surface area contributed by atoms with Gasteiger partial charge in [0.15, 0.2) is 6.10 Å². The monoisotopic (exact) mass is 535 g/mol. The van der Waals surface area contributed by atoms with Crippen LogP contribution in [-0.4, -0.2) is 52.1 Å². The van der Waals surface area contributed by atoms with Crippen molar-refractivity contribution < 1.29 is 27.5 Å². The normalized spacial score (nSPS) is 18.8. The highest BCUT2D eigenvalue weighted by Crippen LogP contribution is 2.36. The third kappa shape index (κ3) is 5.81. The molecule has 0 aromatic heterocycles.